The van der Waals surface area contributed by atoms with Crippen molar-refractivity contribution in [2.45, 2.75) is 152 Å². The molecule has 53 heavy (non-hydrogen) atoms. The Balaban J connectivity index is 1.21. The number of fused-ring (bicyclic) bond motifs is 7. The third-order valence-corrected chi connectivity index (χ3v) is 17.3. The minimum Gasteiger partial charge on any atom is -0.481 e. The molecule has 5 aliphatic rings. The van der Waals surface area contributed by atoms with E-state index < -0.39 is 11.4 Å². The minimum atomic E-state index is -0.890. The van der Waals surface area contributed by atoms with Gasteiger partial charge < -0.3 is 15.2 Å². The van der Waals surface area contributed by atoms with Crippen molar-refractivity contribution < 1.29 is 24.2 Å². The molecule has 5 aliphatic carbocycles. The molecule has 294 valence electrons. The lowest BCUT2D eigenvalue weighted by atomic mass is 9.32. The zero-order valence-electron chi connectivity index (χ0n) is 33.6. The molecule has 0 spiro atoms. The molecule has 0 unspecified atom stereocenters. The van der Waals surface area contributed by atoms with E-state index in [0.717, 1.165) is 50.5 Å². The highest BCUT2D eigenvalue weighted by Crippen LogP contribution is 2.78. The molecular formula is C45H65Cl2NO5. The fraction of sp³-hybridized carbons (Fsp3) is 0.756. The predicted molar refractivity (Wildman–Crippen MR) is 212 cm³/mol. The first kappa shape index (κ1) is 40.6. The number of halogens is 2. The van der Waals surface area contributed by atoms with E-state index in [1.165, 1.54) is 24.8 Å². The fourth-order valence-corrected chi connectivity index (χ4v) is 14.6. The van der Waals surface area contributed by atoms with Crippen molar-refractivity contribution in [3.05, 3.63) is 46.0 Å². The van der Waals surface area contributed by atoms with E-state index in [1.807, 2.05) is 26.0 Å². The number of aliphatic carboxylic acids is 1. The molecule has 1 amide bonds. The average molecular weight is 771 g/mol. The topological polar surface area (TPSA) is 92.7 Å². The van der Waals surface area contributed by atoms with Crippen LogP contribution in [0.25, 0.3) is 0 Å². The third-order valence-electron chi connectivity index (χ3n) is 16.7. The predicted octanol–water partition coefficient (Wildman–Crippen LogP) is 11.5. The van der Waals surface area contributed by atoms with Gasteiger partial charge >= 0.3 is 11.9 Å². The minimum absolute atomic E-state index is 0.0189. The van der Waals surface area contributed by atoms with Crippen LogP contribution in [0, 0.1) is 62.1 Å². The van der Waals surface area contributed by atoms with Gasteiger partial charge in [-0.1, -0.05) is 89.9 Å². The molecule has 0 heterocycles. The highest BCUT2D eigenvalue weighted by molar-refractivity contribution is 6.35. The summed E-state index contributed by atoms with van der Waals surface area (Å²) >= 11 is 12.6. The van der Waals surface area contributed by atoms with Gasteiger partial charge in [0.15, 0.2) is 0 Å². The summed E-state index contributed by atoms with van der Waals surface area (Å²) in [5.41, 5.74) is 1.78. The maximum Gasteiger partial charge on any atom is 0.306 e. The average Bonchev–Trinajstić information content (AvgIpc) is 3.41. The van der Waals surface area contributed by atoms with Crippen molar-refractivity contribution in [1.29, 1.82) is 0 Å². The van der Waals surface area contributed by atoms with Crippen LogP contribution in [-0.2, 0) is 25.7 Å². The molecule has 5 fully saturated rings. The highest BCUT2D eigenvalue weighted by atomic mass is 35.5. The van der Waals surface area contributed by atoms with Crippen LogP contribution in [0.2, 0.25) is 10.0 Å². The van der Waals surface area contributed by atoms with Crippen LogP contribution in [0.5, 0.6) is 0 Å². The lowest BCUT2D eigenvalue weighted by Crippen LogP contribution is -2.67. The van der Waals surface area contributed by atoms with Crippen molar-refractivity contribution in [3.63, 3.8) is 0 Å². The quantitative estimate of drug-likeness (QED) is 0.183. The lowest BCUT2D eigenvalue weighted by Gasteiger charge is -2.73. The van der Waals surface area contributed by atoms with Crippen molar-refractivity contribution in [1.82, 2.24) is 5.32 Å². The molecule has 2 N–H and O–H groups in total. The fourth-order valence-electron chi connectivity index (χ4n) is 14.1. The van der Waals surface area contributed by atoms with Crippen LogP contribution >= 0.6 is 23.2 Å². The van der Waals surface area contributed by atoms with Gasteiger partial charge in [-0.05, 0) is 145 Å². The van der Waals surface area contributed by atoms with Crippen molar-refractivity contribution >= 4 is 41.0 Å². The monoisotopic (exact) mass is 769 g/mol. The molecule has 6 nitrogen and oxygen atoms in total. The second-order valence-electron chi connectivity index (χ2n) is 20.5. The number of nitrogens with one attached hydrogen (secondary N) is 1. The molecule has 5 saturated carbocycles. The lowest BCUT2D eigenvalue weighted by molar-refractivity contribution is -0.250. The van der Waals surface area contributed by atoms with Crippen molar-refractivity contribution in [2.24, 2.45) is 62.1 Å². The summed E-state index contributed by atoms with van der Waals surface area (Å²) in [6.07, 6.45) is 11.4. The van der Waals surface area contributed by atoms with Crippen LogP contribution in [-0.4, -0.2) is 29.1 Å². The first-order chi connectivity index (χ1) is 24.6. The molecule has 1 aromatic rings. The largest absolute Gasteiger partial charge is 0.481 e. The summed E-state index contributed by atoms with van der Waals surface area (Å²) in [5.74, 6) is 1.39. The normalized spacial score (nSPS) is 38.8. The number of carboxylic acid groups (broad SMARTS) is 1. The summed E-state index contributed by atoms with van der Waals surface area (Å²) in [7, 11) is 0. The molecule has 0 bridgehead atoms. The number of hydrogen-bond acceptors (Lipinski definition) is 4. The Kier molecular flexibility index (Phi) is 10.8. The maximum absolute atomic E-state index is 13.8. The van der Waals surface area contributed by atoms with E-state index in [-0.39, 0.29) is 57.9 Å². The maximum atomic E-state index is 13.8. The highest BCUT2D eigenvalue weighted by Gasteiger charge is 2.71. The van der Waals surface area contributed by atoms with Gasteiger partial charge in [0.2, 0.25) is 5.91 Å². The molecular weight excluding hydrogens is 705 g/mol. The second-order valence-corrected chi connectivity index (χ2v) is 21.3. The van der Waals surface area contributed by atoms with Gasteiger partial charge in [0.05, 0.1) is 12.8 Å². The van der Waals surface area contributed by atoms with Gasteiger partial charge in [-0.2, -0.15) is 0 Å². The Morgan fingerprint density at radius 1 is 0.906 bits per heavy atom. The Bertz CT molecular complexity index is 1640. The van der Waals surface area contributed by atoms with E-state index in [1.54, 1.807) is 6.07 Å². The van der Waals surface area contributed by atoms with E-state index >= 15 is 0 Å². The van der Waals surface area contributed by atoms with Gasteiger partial charge in [-0.15, -0.1) is 0 Å². The number of allylic oxidation sites excluding steroid dienone is 1. The van der Waals surface area contributed by atoms with Gasteiger partial charge in [0, 0.05) is 28.4 Å². The molecule has 10 atom stereocenters. The number of amides is 1. The Morgan fingerprint density at radius 2 is 1.62 bits per heavy atom. The third kappa shape index (κ3) is 7.02. The Hall–Kier alpha value is -2.05. The first-order valence-corrected chi connectivity index (χ1v) is 21.1. The van der Waals surface area contributed by atoms with Gasteiger partial charge in [0.25, 0.3) is 0 Å². The number of rotatable bonds is 10. The zero-order valence-corrected chi connectivity index (χ0v) is 35.2. The van der Waals surface area contributed by atoms with E-state index in [9.17, 15) is 19.5 Å². The number of carbonyl (C=O) groups is 3. The Morgan fingerprint density at radius 3 is 2.28 bits per heavy atom. The number of hydrogen-bond donors (Lipinski definition) is 2. The van der Waals surface area contributed by atoms with Crippen molar-refractivity contribution in [2.75, 3.05) is 0 Å². The summed E-state index contributed by atoms with van der Waals surface area (Å²) in [6.45, 7) is 23.3. The standard InChI is InChI=1S/C45H65Cl2NO5/c1-27(2)30-14-19-45(23-36(49)48-26-28-10-11-29(46)22-32(28)47)21-20-43(8)31(39(30)45)12-13-34-42(7)17-16-35(41(5,6)33(42)15-18-44(34,43)9)53-38(52)25-40(3,4)24-37(50)51/h10-11,22,30-31,33-35,39H,1,12-21,23-26H2,2-9H3,(H,48,49)(H,50,51)/t30-,31+,33-,34+,35-,39+,42-,43+,44+,45+/m0/s1. The molecule has 8 heteroatoms. The molecule has 6 rings (SSSR count). The van der Waals surface area contributed by atoms with Gasteiger partial charge in [-0.3, -0.25) is 14.4 Å². The van der Waals surface area contributed by atoms with E-state index in [0.29, 0.717) is 52.6 Å². The van der Waals surface area contributed by atoms with Gasteiger partial charge in [-0.25, -0.2) is 0 Å². The Labute approximate surface area is 328 Å². The zero-order chi connectivity index (χ0) is 38.9. The number of carbonyl (C=O) groups excluding carboxylic acids is 2. The van der Waals surface area contributed by atoms with Gasteiger partial charge in [0.1, 0.15) is 6.10 Å². The van der Waals surface area contributed by atoms with Crippen molar-refractivity contribution in [3.8, 4) is 0 Å². The van der Waals surface area contributed by atoms with E-state index in [2.05, 4.69) is 53.4 Å². The van der Waals surface area contributed by atoms with Crippen LogP contribution in [0.15, 0.2) is 30.4 Å². The number of benzene rings is 1. The van der Waals surface area contributed by atoms with Crippen LogP contribution in [0.1, 0.15) is 144 Å². The first-order valence-electron chi connectivity index (χ1n) is 20.4. The summed E-state index contributed by atoms with van der Waals surface area (Å²) in [5, 5.41) is 13.7. The van der Waals surface area contributed by atoms with Crippen LogP contribution in [0.4, 0.5) is 0 Å². The van der Waals surface area contributed by atoms with Crippen LogP contribution in [0.3, 0.4) is 0 Å². The molecule has 1 aromatic carbocycles. The van der Waals surface area contributed by atoms with Crippen LogP contribution < -0.4 is 5.32 Å². The number of esters is 1. The number of carboxylic acids is 1. The number of ether oxygens (including phenoxy) is 1. The summed E-state index contributed by atoms with van der Waals surface area (Å²) in [6, 6.07) is 5.45. The summed E-state index contributed by atoms with van der Waals surface area (Å²) in [4.78, 5) is 38.5. The molecule has 0 aromatic heterocycles. The molecule has 0 saturated heterocycles. The molecule has 0 aliphatic heterocycles. The SMILES string of the molecule is C=C(C)[C@@H]1CC[C@]2(CC(=O)NCc3ccc(Cl)cc3Cl)CC[C@]3(C)[C@H](CC[C@@H]4[C@@]5(C)CC[C@H](OC(=O)CC(C)(C)CC(=O)O)C(C)(C)[C@@H]5CC[C@]43C)[C@@H]12. The summed E-state index contributed by atoms with van der Waals surface area (Å²) < 4.78 is 6.28. The molecule has 0 radical (unpaired) electrons. The smallest absolute Gasteiger partial charge is 0.306 e. The second kappa shape index (κ2) is 14.2. The van der Waals surface area contributed by atoms with E-state index in [4.69, 9.17) is 27.9 Å².